The lowest BCUT2D eigenvalue weighted by atomic mass is 10.3. The van der Waals surface area contributed by atoms with E-state index in [1.165, 1.54) is 11.5 Å². The summed E-state index contributed by atoms with van der Waals surface area (Å²) in [6.45, 7) is 0.609. The second-order valence-electron chi connectivity index (χ2n) is 5.57. The summed E-state index contributed by atoms with van der Waals surface area (Å²) >= 11 is 0. The van der Waals surface area contributed by atoms with Crippen LogP contribution in [0.2, 0.25) is 0 Å². The Morgan fingerprint density at radius 1 is 1.19 bits per heavy atom. The van der Waals surface area contributed by atoms with Crippen molar-refractivity contribution in [2.45, 2.75) is 0 Å². The van der Waals surface area contributed by atoms with E-state index in [0.29, 0.717) is 18.2 Å². The number of nitrogens with one attached hydrogen (secondary N) is 2. The van der Waals surface area contributed by atoms with Gasteiger partial charge in [-0.15, -0.1) is 0 Å². The summed E-state index contributed by atoms with van der Waals surface area (Å²) in [5, 5.41) is 4.97. The first kappa shape index (κ1) is 18.5. The SMILES string of the molecule is COCCNC(=O)c1nc(C(=O)Nc2ccc(F)cc2F)n2ccccc12. The van der Waals surface area contributed by atoms with Gasteiger partial charge in [0.05, 0.1) is 17.8 Å². The number of halogens is 2. The molecule has 2 amide bonds. The lowest BCUT2D eigenvalue weighted by molar-refractivity contribution is 0.0934. The van der Waals surface area contributed by atoms with E-state index in [4.69, 9.17) is 4.74 Å². The van der Waals surface area contributed by atoms with Crippen LogP contribution in [0.5, 0.6) is 0 Å². The van der Waals surface area contributed by atoms with Crippen molar-refractivity contribution < 1.29 is 23.1 Å². The highest BCUT2D eigenvalue weighted by Gasteiger charge is 2.22. The zero-order valence-electron chi connectivity index (χ0n) is 14.3. The quantitative estimate of drug-likeness (QED) is 0.648. The average molecular weight is 374 g/mol. The van der Waals surface area contributed by atoms with E-state index in [-0.39, 0.29) is 23.8 Å². The molecule has 7 nitrogen and oxygen atoms in total. The number of hydrogen-bond acceptors (Lipinski definition) is 4. The molecular formula is C18H16F2N4O3. The van der Waals surface area contributed by atoms with Crippen LogP contribution in [0.25, 0.3) is 5.52 Å². The number of ether oxygens (including phenoxy) is 1. The van der Waals surface area contributed by atoms with Gasteiger partial charge in [-0.3, -0.25) is 14.0 Å². The van der Waals surface area contributed by atoms with Gasteiger partial charge < -0.3 is 15.4 Å². The summed E-state index contributed by atoms with van der Waals surface area (Å²) in [5.74, 6) is -2.99. The van der Waals surface area contributed by atoms with Crippen molar-refractivity contribution >= 4 is 23.0 Å². The van der Waals surface area contributed by atoms with Crippen molar-refractivity contribution in [2.24, 2.45) is 0 Å². The van der Waals surface area contributed by atoms with Crippen LogP contribution in [-0.2, 0) is 4.74 Å². The lowest BCUT2D eigenvalue weighted by Gasteiger charge is -2.05. The monoisotopic (exact) mass is 374 g/mol. The third-order valence-electron chi connectivity index (χ3n) is 3.74. The van der Waals surface area contributed by atoms with Crippen LogP contribution in [-0.4, -0.2) is 41.5 Å². The van der Waals surface area contributed by atoms with E-state index in [0.717, 1.165) is 12.1 Å². The number of carbonyl (C=O) groups excluding carboxylic acids is 2. The van der Waals surface area contributed by atoms with Crippen LogP contribution in [0.4, 0.5) is 14.5 Å². The molecule has 0 fully saturated rings. The Labute approximate surface area is 153 Å². The molecule has 3 aromatic rings. The van der Waals surface area contributed by atoms with Crippen molar-refractivity contribution in [3.63, 3.8) is 0 Å². The van der Waals surface area contributed by atoms with Crippen molar-refractivity contribution in [1.29, 1.82) is 0 Å². The number of hydrogen-bond donors (Lipinski definition) is 2. The molecule has 0 bridgehead atoms. The fourth-order valence-corrected chi connectivity index (χ4v) is 2.48. The molecule has 2 heterocycles. The number of fused-ring (bicyclic) bond motifs is 1. The summed E-state index contributed by atoms with van der Waals surface area (Å²) in [4.78, 5) is 29.0. The molecule has 3 rings (SSSR count). The molecule has 0 atom stereocenters. The number of aromatic nitrogens is 2. The standard InChI is InChI=1S/C18H16F2N4O3/c1-27-9-7-21-17(25)15-14-4-2-3-8-24(14)16(23-15)18(26)22-13-6-5-11(19)10-12(13)20/h2-6,8,10H,7,9H2,1H3,(H,21,25)(H,22,26). The second-order valence-corrected chi connectivity index (χ2v) is 5.57. The summed E-state index contributed by atoms with van der Waals surface area (Å²) in [7, 11) is 1.51. The second kappa shape index (κ2) is 7.92. The molecule has 0 radical (unpaired) electrons. The smallest absolute Gasteiger partial charge is 0.292 e. The van der Waals surface area contributed by atoms with Gasteiger partial charge in [0.2, 0.25) is 5.82 Å². The molecule has 0 aliphatic heterocycles. The summed E-state index contributed by atoms with van der Waals surface area (Å²) in [6, 6.07) is 7.79. The zero-order chi connectivity index (χ0) is 19.4. The van der Waals surface area contributed by atoms with Gasteiger partial charge >= 0.3 is 0 Å². The van der Waals surface area contributed by atoms with Crippen LogP contribution in [0, 0.1) is 11.6 Å². The first-order chi connectivity index (χ1) is 13.0. The molecule has 27 heavy (non-hydrogen) atoms. The molecular weight excluding hydrogens is 358 g/mol. The normalized spacial score (nSPS) is 10.8. The number of nitrogens with zero attached hydrogens (tertiary/aromatic N) is 2. The molecule has 0 saturated carbocycles. The Morgan fingerprint density at radius 3 is 2.74 bits per heavy atom. The predicted octanol–water partition coefficient (Wildman–Crippen LogP) is 2.24. The summed E-state index contributed by atoms with van der Waals surface area (Å²) in [6.07, 6.45) is 1.56. The third kappa shape index (κ3) is 3.93. The Bertz CT molecular complexity index is 1000. The van der Waals surface area contributed by atoms with Gasteiger partial charge in [0.15, 0.2) is 5.69 Å². The van der Waals surface area contributed by atoms with E-state index in [9.17, 15) is 18.4 Å². The maximum absolute atomic E-state index is 13.8. The highest BCUT2D eigenvalue weighted by atomic mass is 19.1. The zero-order valence-corrected chi connectivity index (χ0v) is 14.3. The van der Waals surface area contributed by atoms with Crippen molar-refractivity contribution in [1.82, 2.24) is 14.7 Å². The average Bonchev–Trinajstić information content (AvgIpc) is 3.04. The van der Waals surface area contributed by atoms with Crippen LogP contribution in [0.15, 0.2) is 42.6 Å². The fraction of sp³-hybridized carbons (Fsp3) is 0.167. The molecule has 9 heteroatoms. The number of pyridine rings is 1. The molecule has 140 valence electrons. The fourth-order valence-electron chi connectivity index (χ4n) is 2.48. The van der Waals surface area contributed by atoms with Crippen LogP contribution >= 0.6 is 0 Å². The highest BCUT2D eigenvalue weighted by molar-refractivity contribution is 6.06. The largest absolute Gasteiger partial charge is 0.383 e. The van der Waals surface area contributed by atoms with Crippen molar-refractivity contribution in [3.8, 4) is 0 Å². The van der Waals surface area contributed by atoms with E-state index >= 15 is 0 Å². The Balaban J connectivity index is 1.92. The third-order valence-corrected chi connectivity index (χ3v) is 3.74. The molecule has 1 aromatic carbocycles. The predicted molar refractivity (Wildman–Crippen MR) is 93.7 cm³/mol. The van der Waals surface area contributed by atoms with Gasteiger partial charge in [-0.05, 0) is 24.3 Å². The summed E-state index contributed by atoms with van der Waals surface area (Å²) in [5.41, 5.74) is 0.272. The van der Waals surface area contributed by atoms with Crippen LogP contribution in [0.1, 0.15) is 21.1 Å². The van der Waals surface area contributed by atoms with Gasteiger partial charge in [0.1, 0.15) is 11.6 Å². The minimum absolute atomic E-state index is 0.0523. The van der Waals surface area contributed by atoms with Crippen molar-refractivity contribution in [3.05, 3.63) is 65.7 Å². The molecule has 2 aromatic heterocycles. The number of imidazole rings is 1. The van der Waals surface area contributed by atoms with Crippen LogP contribution in [0.3, 0.4) is 0 Å². The molecule has 0 saturated heterocycles. The topological polar surface area (TPSA) is 84.7 Å². The first-order valence-corrected chi connectivity index (χ1v) is 8.02. The first-order valence-electron chi connectivity index (χ1n) is 8.02. The highest BCUT2D eigenvalue weighted by Crippen LogP contribution is 2.18. The molecule has 2 N–H and O–H groups in total. The number of carbonyl (C=O) groups is 2. The number of anilines is 1. The Kier molecular flexibility index (Phi) is 5.41. The van der Waals surface area contributed by atoms with E-state index in [1.54, 1.807) is 24.4 Å². The molecule has 0 spiro atoms. The lowest BCUT2D eigenvalue weighted by Crippen LogP contribution is -2.27. The minimum atomic E-state index is -0.915. The number of rotatable bonds is 6. The molecule has 0 aliphatic rings. The van der Waals surface area contributed by atoms with Gasteiger partial charge in [-0.25, -0.2) is 13.8 Å². The Hall–Kier alpha value is -3.33. The maximum Gasteiger partial charge on any atom is 0.292 e. The number of amides is 2. The van der Waals surface area contributed by atoms with E-state index in [1.807, 2.05) is 0 Å². The van der Waals surface area contributed by atoms with E-state index in [2.05, 4.69) is 15.6 Å². The van der Waals surface area contributed by atoms with Gasteiger partial charge in [-0.2, -0.15) is 0 Å². The van der Waals surface area contributed by atoms with Gasteiger partial charge in [0.25, 0.3) is 11.8 Å². The Morgan fingerprint density at radius 2 is 2.00 bits per heavy atom. The molecule has 0 aliphatic carbocycles. The maximum atomic E-state index is 13.8. The minimum Gasteiger partial charge on any atom is -0.383 e. The van der Waals surface area contributed by atoms with E-state index < -0.39 is 23.4 Å². The number of methoxy groups -OCH3 is 1. The number of benzene rings is 1. The summed E-state index contributed by atoms with van der Waals surface area (Å²) < 4.78 is 33.1. The van der Waals surface area contributed by atoms with Crippen molar-refractivity contribution in [2.75, 3.05) is 25.6 Å². The van der Waals surface area contributed by atoms with Crippen LogP contribution < -0.4 is 10.6 Å². The molecule has 0 unspecified atom stereocenters. The van der Waals surface area contributed by atoms with Gasteiger partial charge in [-0.1, -0.05) is 6.07 Å². The van der Waals surface area contributed by atoms with Gasteiger partial charge in [0, 0.05) is 25.9 Å².